The average Bonchev–Trinajstić information content (AvgIpc) is 2.08. The Hall–Kier alpha value is -0.960. The minimum atomic E-state index is -0.635. The number of alkyl halides is 1. The molecule has 0 amide bonds. The molecule has 12 heavy (non-hydrogen) atoms. The third kappa shape index (κ3) is 1.80. The maximum absolute atomic E-state index is 12.7. The zero-order chi connectivity index (χ0) is 9.14. The van der Waals surface area contributed by atoms with Crippen LogP contribution < -0.4 is 5.73 Å². The van der Waals surface area contributed by atoms with Crippen LogP contribution in [0.2, 0.25) is 0 Å². The highest BCUT2D eigenvalue weighted by atomic mass is 19.1. The molecule has 0 aromatic heterocycles. The Morgan fingerprint density at radius 3 is 2.67 bits per heavy atom. The SMILES string of the molecule is Cc1cc([C@H](N)CF)ccc1F. The molecule has 66 valence electrons. The molecule has 0 heterocycles. The van der Waals surface area contributed by atoms with Gasteiger partial charge in [-0.15, -0.1) is 0 Å². The van der Waals surface area contributed by atoms with Gasteiger partial charge in [-0.3, -0.25) is 0 Å². The number of hydrogen-bond acceptors (Lipinski definition) is 1. The molecule has 0 aliphatic carbocycles. The van der Waals surface area contributed by atoms with Gasteiger partial charge < -0.3 is 5.73 Å². The highest BCUT2D eigenvalue weighted by molar-refractivity contribution is 5.26. The fourth-order valence-electron chi connectivity index (χ4n) is 0.988. The van der Waals surface area contributed by atoms with Crippen LogP contribution in [0, 0.1) is 12.7 Å². The first-order valence-electron chi connectivity index (χ1n) is 3.72. The number of aryl methyl sites for hydroxylation is 1. The van der Waals surface area contributed by atoms with Crippen molar-refractivity contribution in [2.24, 2.45) is 5.73 Å². The summed E-state index contributed by atoms with van der Waals surface area (Å²) in [6.07, 6.45) is 0. The van der Waals surface area contributed by atoms with Crippen molar-refractivity contribution >= 4 is 0 Å². The van der Waals surface area contributed by atoms with Crippen molar-refractivity contribution in [3.8, 4) is 0 Å². The molecule has 1 atom stereocenters. The van der Waals surface area contributed by atoms with E-state index in [0.717, 1.165) is 0 Å². The molecule has 1 aromatic rings. The molecule has 0 bridgehead atoms. The van der Waals surface area contributed by atoms with E-state index in [1.165, 1.54) is 12.1 Å². The molecule has 1 aromatic carbocycles. The van der Waals surface area contributed by atoms with Gasteiger partial charge in [-0.1, -0.05) is 12.1 Å². The van der Waals surface area contributed by atoms with E-state index < -0.39 is 12.7 Å². The van der Waals surface area contributed by atoms with E-state index in [9.17, 15) is 8.78 Å². The lowest BCUT2D eigenvalue weighted by Gasteiger charge is -2.07. The summed E-state index contributed by atoms with van der Waals surface area (Å²) in [5.74, 6) is -0.287. The lowest BCUT2D eigenvalue weighted by atomic mass is 10.1. The zero-order valence-corrected chi connectivity index (χ0v) is 6.85. The van der Waals surface area contributed by atoms with Gasteiger partial charge in [-0.05, 0) is 24.1 Å². The van der Waals surface area contributed by atoms with E-state index in [1.54, 1.807) is 13.0 Å². The van der Waals surface area contributed by atoms with Gasteiger partial charge in [0.25, 0.3) is 0 Å². The van der Waals surface area contributed by atoms with Crippen LogP contribution in [0.25, 0.3) is 0 Å². The molecule has 1 rings (SSSR count). The van der Waals surface area contributed by atoms with E-state index >= 15 is 0 Å². The molecule has 3 heteroatoms. The van der Waals surface area contributed by atoms with Crippen LogP contribution >= 0.6 is 0 Å². The number of hydrogen-bond donors (Lipinski definition) is 1. The highest BCUT2D eigenvalue weighted by Gasteiger charge is 2.06. The van der Waals surface area contributed by atoms with Gasteiger partial charge in [-0.2, -0.15) is 0 Å². The summed E-state index contributed by atoms with van der Waals surface area (Å²) >= 11 is 0. The highest BCUT2D eigenvalue weighted by Crippen LogP contribution is 2.14. The maximum Gasteiger partial charge on any atom is 0.126 e. The van der Waals surface area contributed by atoms with Crippen LogP contribution in [-0.2, 0) is 0 Å². The third-order valence-corrected chi connectivity index (χ3v) is 1.78. The molecule has 2 N–H and O–H groups in total. The number of benzene rings is 1. The summed E-state index contributed by atoms with van der Waals surface area (Å²) in [6.45, 7) is 1.01. The van der Waals surface area contributed by atoms with Crippen molar-refractivity contribution in [3.05, 3.63) is 35.1 Å². The lowest BCUT2D eigenvalue weighted by molar-refractivity contribution is 0.436. The van der Waals surface area contributed by atoms with Gasteiger partial charge in [0.1, 0.15) is 12.5 Å². The lowest BCUT2D eigenvalue weighted by Crippen LogP contribution is -2.12. The number of rotatable bonds is 2. The van der Waals surface area contributed by atoms with Gasteiger partial charge in [0.05, 0.1) is 6.04 Å². The van der Waals surface area contributed by atoms with E-state index in [1.807, 2.05) is 0 Å². The molecular weight excluding hydrogens is 160 g/mol. The van der Waals surface area contributed by atoms with Crippen molar-refractivity contribution in [2.45, 2.75) is 13.0 Å². The second-order valence-electron chi connectivity index (χ2n) is 2.77. The van der Waals surface area contributed by atoms with E-state index in [0.29, 0.717) is 11.1 Å². The third-order valence-electron chi connectivity index (χ3n) is 1.78. The zero-order valence-electron chi connectivity index (χ0n) is 6.85. The standard InChI is InChI=1S/C9H11F2N/c1-6-4-7(9(12)5-10)2-3-8(6)11/h2-4,9H,5,12H2,1H3/t9-/m1/s1. The van der Waals surface area contributed by atoms with Crippen LogP contribution in [0.1, 0.15) is 17.2 Å². The Bertz CT molecular complexity index is 273. The topological polar surface area (TPSA) is 26.0 Å². The van der Waals surface area contributed by atoms with Crippen molar-refractivity contribution in [1.82, 2.24) is 0 Å². The summed E-state index contributed by atoms with van der Waals surface area (Å²) in [5, 5.41) is 0. The molecule has 0 spiro atoms. The Morgan fingerprint density at radius 2 is 2.17 bits per heavy atom. The van der Waals surface area contributed by atoms with Gasteiger partial charge in [0, 0.05) is 0 Å². The second kappa shape index (κ2) is 3.63. The molecule has 0 aliphatic heterocycles. The molecule has 1 nitrogen and oxygen atoms in total. The quantitative estimate of drug-likeness (QED) is 0.724. The van der Waals surface area contributed by atoms with Crippen molar-refractivity contribution in [3.63, 3.8) is 0 Å². The summed E-state index contributed by atoms with van der Waals surface area (Å²) in [5.41, 5.74) is 6.55. The monoisotopic (exact) mass is 171 g/mol. The Balaban J connectivity index is 2.96. The van der Waals surface area contributed by atoms with Crippen molar-refractivity contribution in [2.75, 3.05) is 6.67 Å². The smallest absolute Gasteiger partial charge is 0.126 e. The predicted molar refractivity (Wildman–Crippen MR) is 44.0 cm³/mol. The molecule has 0 radical (unpaired) electrons. The van der Waals surface area contributed by atoms with Gasteiger partial charge in [-0.25, -0.2) is 8.78 Å². The van der Waals surface area contributed by atoms with Crippen molar-refractivity contribution in [1.29, 1.82) is 0 Å². The Labute approximate surface area is 70.2 Å². The first-order chi connectivity index (χ1) is 5.65. The van der Waals surface area contributed by atoms with Gasteiger partial charge in [0.15, 0.2) is 0 Å². The van der Waals surface area contributed by atoms with Gasteiger partial charge >= 0.3 is 0 Å². The summed E-state index contributed by atoms with van der Waals surface area (Å²) in [4.78, 5) is 0. The van der Waals surface area contributed by atoms with E-state index in [4.69, 9.17) is 5.73 Å². The molecule has 0 unspecified atom stereocenters. The fourth-order valence-corrected chi connectivity index (χ4v) is 0.988. The van der Waals surface area contributed by atoms with Crippen LogP contribution in [0.15, 0.2) is 18.2 Å². The molecular formula is C9H11F2N. The fraction of sp³-hybridized carbons (Fsp3) is 0.333. The molecule has 0 saturated heterocycles. The molecule has 0 saturated carbocycles. The largest absolute Gasteiger partial charge is 0.322 e. The Morgan fingerprint density at radius 1 is 1.50 bits per heavy atom. The van der Waals surface area contributed by atoms with Crippen LogP contribution in [0.4, 0.5) is 8.78 Å². The van der Waals surface area contributed by atoms with Crippen LogP contribution in [-0.4, -0.2) is 6.67 Å². The first-order valence-corrected chi connectivity index (χ1v) is 3.72. The maximum atomic E-state index is 12.7. The number of halogens is 2. The molecule has 0 fully saturated rings. The van der Waals surface area contributed by atoms with E-state index in [-0.39, 0.29) is 5.82 Å². The number of nitrogens with two attached hydrogens (primary N) is 1. The normalized spacial score (nSPS) is 13.0. The van der Waals surface area contributed by atoms with Crippen LogP contribution in [0.5, 0.6) is 0 Å². The van der Waals surface area contributed by atoms with E-state index in [2.05, 4.69) is 0 Å². The Kier molecular flexibility index (Phi) is 2.76. The minimum Gasteiger partial charge on any atom is -0.322 e. The summed E-state index contributed by atoms with van der Waals surface area (Å²) < 4.78 is 24.8. The van der Waals surface area contributed by atoms with Gasteiger partial charge in [0.2, 0.25) is 0 Å². The minimum absolute atomic E-state index is 0.287. The summed E-state index contributed by atoms with van der Waals surface area (Å²) in [6, 6.07) is 3.75. The van der Waals surface area contributed by atoms with Crippen LogP contribution in [0.3, 0.4) is 0 Å². The average molecular weight is 171 g/mol. The van der Waals surface area contributed by atoms with Crippen molar-refractivity contribution < 1.29 is 8.78 Å². The molecule has 0 aliphatic rings. The first kappa shape index (κ1) is 9.13. The predicted octanol–water partition coefficient (Wildman–Crippen LogP) is 2.10. The second-order valence-corrected chi connectivity index (χ2v) is 2.77. The summed E-state index contributed by atoms with van der Waals surface area (Å²) in [7, 11) is 0.